The van der Waals surface area contributed by atoms with Crippen molar-refractivity contribution in [3.63, 3.8) is 0 Å². The molecule has 3 aliphatic rings. The normalized spacial score (nSPS) is 24.8. The van der Waals surface area contributed by atoms with Crippen LogP contribution in [0.5, 0.6) is 6.01 Å². The van der Waals surface area contributed by atoms with E-state index in [2.05, 4.69) is 83.4 Å². The summed E-state index contributed by atoms with van der Waals surface area (Å²) < 4.78 is 6.41. The molecule has 1 aromatic heterocycles. The van der Waals surface area contributed by atoms with Gasteiger partial charge in [0.05, 0.1) is 12.2 Å². The van der Waals surface area contributed by atoms with E-state index in [4.69, 9.17) is 14.7 Å². The minimum absolute atomic E-state index is 0.390. The average molecular weight is 501 g/mol. The predicted octanol–water partition coefficient (Wildman–Crippen LogP) is 4.10. The molecule has 3 atom stereocenters. The van der Waals surface area contributed by atoms with Gasteiger partial charge in [0.2, 0.25) is 0 Å². The van der Waals surface area contributed by atoms with Gasteiger partial charge in [0, 0.05) is 54.9 Å². The summed E-state index contributed by atoms with van der Waals surface area (Å²) >= 11 is 0. The molecule has 2 aromatic carbocycles. The molecular weight excluding hydrogens is 460 g/mol. The van der Waals surface area contributed by atoms with Crippen LogP contribution in [0.3, 0.4) is 0 Å². The monoisotopic (exact) mass is 500 g/mol. The molecule has 3 aromatic rings. The standard InChI is InChI=1S/C30H40N6O/c1-21-8-7-15-34(3)28(21)20-37-30-32-26-19-35(27-12-6-10-23-9-4-5-11-24(23)27)16-13-25(26)29(33-30)36-17-14-31-18-22(36)2/h4-6,9-12,21-22,28,31H,7-8,13-20H2,1-3H3/t21?,22-,28-/m1/s1. The molecule has 1 unspecified atom stereocenters. The average Bonchev–Trinajstić information content (AvgIpc) is 2.92. The highest BCUT2D eigenvalue weighted by atomic mass is 16.5. The third-order valence-electron chi connectivity index (χ3n) is 8.68. The second-order valence-corrected chi connectivity index (χ2v) is 11.1. The van der Waals surface area contributed by atoms with Crippen molar-refractivity contribution in [3.05, 3.63) is 53.7 Å². The van der Waals surface area contributed by atoms with Gasteiger partial charge in [-0.05, 0) is 57.1 Å². The maximum Gasteiger partial charge on any atom is 0.318 e. The summed E-state index contributed by atoms with van der Waals surface area (Å²) in [6.07, 6.45) is 3.46. The summed E-state index contributed by atoms with van der Waals surface area (Å²) in [6, 6.07) is 16.6. The Morgan fingerprint density at radius 1 is 1.03 bits per heavy atom. The number of fused-ring (bicyclic) bond motifs is 2. The van der Waals surface area contributed by atoms with Crippen molar-refractivity contribution < 1.29 is 4.74 Å². The zero-order valence-corrected chi connectivity index (χ0v) is 22.5. The highest BCUT2D eigenvalue weighted by Crippen LogP contribution is 2.35. The molecule has 37 heavy (non-hydrogen) atoms. The van der Waals surface area contributed by atoms with Gasteiger partial charge in [-0.3, -0.25) is 4.90 Å². The number of anilines is 2. The van der Waals surface area contributed by atoms with Crippen molar-refractivity contribution in [2.24, 2.45) is 5.92 Å². The SMILES string of the molecule is CC1CCCN(C)[C@@H]1COc1nc2c(c(N3CCNC[C@H]3C)n1)CCN(c1cccc3ccccc13)C2. The van der Waals surface area contributed by atoms with E-state index in [0.29, 0.717) is 30.6 Å². The number of aromatic nitrogens is 2. The van der Waals surface area contributed by atoms with Crippen LogP contribution < -0.4 is 19.9 Å². The first-order valence-electron chi connectivity index (χ1n) is 14.0. The number of benzene rings is 2. The van der Waals surface area contributed by atoms with E-state index in [1.54, 1.807) is 0 Å². The number of likely N-dealkylation sites (tertiary alicyclic amines) is 1. The molecule has 1 N–H and O–H groups in total. The smallest absolute Gasteiger partial charge is 0.318 e. The van der Waals surface area contributed by atoms with Gasteiger partial charge in [0.15, 0.2) is 0 Å². The summed E-state index contributed by atoms with van der Waals surface area (Å²) in [5.41, 5.74) is 3.68. The molecule has 7 nitrogen and oxygen atoms in total. The van der Waals surface area contributed by atoms with E-state index < -0.39 is 0 Å². The van der Waals surface area contributed by atoms with Crippen molar-refractivity contribution in [1.29, 1.82) is 0 Å². The van der Waals surface area contributed by atoms with Crippen molar-refractivity contribution >= 4 is 22.3 Å². The molecule has 3 aliphatic heterocycles. The fraction of sp³-hybridized carbons (Fsp3) is 0.533. The first-order valence-corrected chi connectivity index (χ1v) is 14.0. The zero-order chi connectivity index (χ0) is 25.4. The number of piperazine rings is 1. The number of nitrogens with one attached hydrogen (secondary N) is 1. The molecule has 0 amide bonds. The van der Waals surface area contributed by atoms with Crippen LogP contribution in [0.4, 0.5) is 11.5 Å². The maximum absolute atomic E-state index is 6.41. The Kier molecular flexibility index (Phi) is 6.91. The maximum atomic E-state index is 6.41. The van der Waals surface area contributed by atoms with Crippen LogP contribution >= 0.6 is 0 Å². The first kappa shape index (κ1) is 24.4. The fourth-order valence-corrected chi connectivity index (χ4v) is 6.44. The van der Waals surface area contributed by atoms with Crippen LogP contribution in [-0.4, -0.2) is 73.3 Å². The minimum Gasteiger partial charge on any atom is -0.462 e. The van der Waals surface area contributed by atoms with E-state index in [-0.39, 0.29) is 0 Å². The lowest BCUT2D eigenvalue weighted by molar-refractivity contribution is 0.0791. The Hall–Kier alpha value is -2.90. The van der Waals surface area contributed by atoms with Crippen LogP contribution in [0.15, 0.2) is 42.5 Å². The fourth-order valence-electron chi connectivity index (χ4n) is 6.44. The number of ether oxygens (including phenoxy) is 1. The van der Waals surface area contributed by atoms with E-state index in [1.807, 2.05) is 0 Å². The lowest BCUT2D eigenvalue weighted by Gasteiger charge is -2.39. The number of hydrogen-bond donors (Lipinski definition) is 1. The molecule has 0 radical (unpaired) electrons. The second-order valence-electron chi connectivity index (χ2n) is 11.1. The molecule has 196 valence electrons. The van der Waals surface area contributed by atoms with Gasteiger partial charge in [-0.1, -0.05) is 43.3 Å². The topological polar surface area (TPSA) is 56.8 Å². The van der Waals surface area contributed by atoms with Crippen LogP contribution in [0.25, 0.3) is 10.8 Å². The molecule has 0 bridgehead atoms. The van der Waals surface area contributed by atoms with Crippen LogP contribution in [0, 0.1) is 5.92 Å². The quantitative estimate of drug-likeness (QED) is 0.566. The van der Waals surface area contributed by atoms with Crippen molar-refractivity contribution in [3.8, 4) is 6.01 Å². The summed E-state index contributed by atoms with van der Waals surface area (Å²) in [4.78, 5) is 17.5. The molecule has 0 saturated carbocycles. The number of likely N-dealkylation sites (N-methyl/N-ethyl adjacent to an activating group) is 1. The van der Waals surface area contributed by atoms with Gasteiger partial charge in [-0.2, -0.15) is 9.97 Å². The third kappa shape index (κ3) is 4.87. The summed E-state index contributed by atoms with van der Waals surface area (Å²) in [6.45, 7) is 11.0. The van der Waals surface area contributed by atoms with Crippen LogP contribution in [0.1, 0.15) is 37.9 Å². The van der Waals surface area contributed by atoms with Crippen LogP contribution in [-0.2, 0) is 13.0 Å². The van der Waals surface area contributed by atoms with E-state index in [1.165, 1.54) is 34.9 Å². The lowest BCUT2D eigenvalue weighted by Crippen LogP contribution is -2.51. The van der Waals surface area contributed by atoms with Crippen molar-refractivity contribution in [2.45, 2.75) is 51.7 Å². The number of hydrogen-bond acceptors (Lipinski definition) is 7. The Morgan fingerprint density at radius 3 is 2.76 bits per heavy atom. The Labute approximate surface area is 220 Å². The molecular formula is C30H40N6O. The van der Waals surface area contributed by atoms with Gasteiger partial charge < -0.3 is 19.9 Å². The number of piperidine rings is 1. The first-order chi connectivity index (χ1) is 18.1. The minimum atomic E-state index is 0.390. The molecule has 7 heteroatoms. The highest BCUT2D eigenvalue weighted by molar-refractivity contribution is 5.94. The summed E-state index contributed by atoms with van der Waals surface area (Å²) in [7, 11) is 2.22. The predicted molar refractivity (Wildman–Crippen MR) is 151 cm³/mol. The lowest BCUT2D eigenvalue weighted by atomic mass is 9.92. The largest absolute Gasteiger partial charge is 0.462 e. The summed E-state index contributed by atoms with van der Waals surface area (Å²) in [5, 5.41) is 6.09. The highest BCUT2D eigenvalue weighted by Gasteiger charge is 2.31. The molecule has 6 rings (SSSR count). The molecule has 2 saturated heterocycles. The van der Waals surface area contributed by atoms with Gasteiger partial charge in [-0.25, -0.2) is 0 Å². The Bertz CT molecular complexity index is 1230. The van der Waals surface area contributed by atoms with Crippen molar-refractivity contribution in [2.75, 3.05) is 56.2 Å². The van der Waals surface area contributed by atoms with E-state index in [9.17, 15) is 0 Å². The van der Waals surface area contributed by atoms with E-state index in [0.717, 1.165) is 57.2 Å². The van der Waals surface area contributed by atoms with Gasteiger partial charge in [-0.15, -0.1) is 0 Å². The zero-order valence-electron chi connectivity index (χ0n) is 22.5. The van der Waals surface area contributed by atoms with Crippen molar-refractivity contribution in [1.82, 2.24) is 20.2 Å². The molecule has 4 heterocycles. The number of nitrogens with zero attached hydrogens (tertiary/aromatic N) is 5. The van der Waals surface area contributed by atoms with Gasteiger partial charge in [0.25, 0.3) is 0 Å². The molecule has 0 aliphatic carbocycles. The Morgan fingerprint density at radius 2 is 1.89 bits per heavy atom. The molecule has 0 spiro atoms. The summed E-state index contributed by atoms with van der Waals surface area (Å²) in [5.74, 6) is 1.70. The van der Waals surface area contributed by atoms with Crippen LogP contribution in [0.2, 0.25) is 0 Å². The number of rotatable bonds is 5. The van der Waals surface area contributed by atoms with Gasteiger partial charge >= 0.3 is 6.01 Å². The van der Waals surface area contributed by atoms with Gasteiger partial charge in [0.1, 0.15) is 12.4 Å². The third-order valence-corrected chi connectivity index (χ3v) is 8.68. The second kappa shape index (κ2) is 10.5. The van der Waals surface area contributed by atoms with E-state index >= 15 is 0 Å². The Balaban J connectivity index is 1.33. The molecule has 2 fully saturated rings.